The Morgan fingerprint density at radius 3 is 2.77 bits per heavy atom. The van der Waals surface area contributed by atoms with Gasteiger partial charge >= 0.3 is 5.97 Å². The molecule has 0 saturated carbocycles. The van der Waals surface area contributed by atoms with Gasteiger partial charge in [0.1, 0.15) is 22.6 Å². The largest absolute Gasteiger partial charge is 0.465 e. The average molecular weight is 356 g/mol. The van der Waals surface area contributed by atoms with E-state index >= 15 is 0 Å². The summed E-state index contributed by atoms with van der Waals surface area (Å²) in [5.74, 6) is 0.338. The highest BCUT2D eigenvalue weighted by Crippen LogP contribution is 2.19. The number of methoxy groups -OCH3 is 1. The second-order valence-corrected chi connectivity index (χ2v) is 5.94. The number of benzene rings is 1. The lowest BCUT2D eigenvalue weighted by atomic mass is 10.1. The van der Waals surface area contributed by atoms with Crippen LogP contribution >= 0.6 is 0 Å². The fourth-order valence-corrected chi connectivity index (χ4v) is 2.80. The summed E-state index contributed by atoms with van der Waals surface area (Å²) < 4.78 is 12.0. The number of rotatable bonds is 5. The number of aryl methyl sites for hydroxylation is 2. The highest BCUT2D eigenvalue weighted by molar-refractivity contribution is 5.97. The minimum atomic E-state index is -0.462. The average Bonchev–Trinajstić information content (AvgIpc) is 3.22. The Balaban J connectivity index is 1.78. The molecule has 0 spiro atoms. The van der Waals surface area contributed by atoms with Crippen molar-refractivity contribution in [3.8, 4) is 0 Å². The van der Waals surface area contributed by atoms with E-state index in [2.05, 4.69) is 10.3 Å². The summed E-state index contributed by atoms with van der Waals surface area (Å²) in [6.45, 7) is 4.61. The first-order valence-corrected chi connectivity index (χ1v) is 8.21. The molecule has 3 aromatic rings. The summed E-state index contributed by atoms with van der Waals surface area (Å²) in [7, 11) is 2.99. The highest BCUT2D eigenvalue weighted by Gasteiger charge is 2.19. The van der Waals surface area contributed by atoms with Crippen LogP contribution in [0.5, 0.6) is 0 Å². The predicted molar refractivity (Wildman–Crippen MR) is 93.8 cm³/mol. The number of carbonyl (C=O) groups excluding carboxylic acids is 2. The van der Waals surface area contributed by atoms with Gasteiger partial charge in [0.25, 0.3) is 5.91 Å². The van der Waals surface area contributed by atoms with Crippen molar-refractivity contribution < 1.29 is 18.7 Å². The monoisotopic (exact) mass is 356 g/mol. The quantitative estimate of drug-likeness (QED) is 0.652. The molecule has 0 atom stereocenters. The van der Waals surface area contributed by atoms with Gasteiger partial charge < -0.3 is 14.1 Å². The molecule has 2 heterocycles. The molecule has 2 aromatic heterocycles. The lowest BCUT2D eigenvalue weighted by Gasteiger charge is -2.15. The molecule has 8 nitrogen and oxygen atoms in total. The van der Waals surface area contributed by atoms with Crippen molar-refractivity contribution in [2.75, 3.05) is 14.2 Å². The summed E-state index contributed by atoms with van der Waals surface area (Å²) in [5, 5.41) is 8.14. The van der Waals surface area contributed by atoms with E-state index in [1.807, 2.05) is 13.0 Å². The molecule has 0 radical (unpaired) electrons. The van der Waals surface area contributed by atoms with Crippen molar-refractivity contribution >= 4 is 22.9 Å². The summed E-state index contributed by atoms with van der Waals surface area (Å²) >= 11 is 0. The van der Waals surface area contributed by atoms with Crippen molar-refractivity contribution in [2.24, 2.45) is 0 Å². The molecule has 1 amide bonds. The molecular formula is C18H20N4O4. The molecule has 0 aliphatic carbocycles. The van der Waals surface area contributed by atoms with E-state index in [1.165, 1.54) is 12.0 Å². The third-order valence-corrected chi connectivity index (χ3v) is 4.17. The third kappa shape index (κ3) is 3.17. The molecular weight excluding hydrogens is 336 g/mol. The highest BCUT2D eigenvalue weighted by atomic mass is 16.5. The van der Waals surface area contributed by atoms with Gasteiger partial charge in [-0.1, -0.05) is 5.21 Å². The van der Waals surface area contributed by atoms with Crippen LogP contribution < -0.4 is 0 Å². The summed E-state index contributed by atoms with van der Waals surface area (Å²) in [5.41, 5.74) is 2.43. The number of aromatic nitrogens is 3. The zero-order valence-electron chi connectivity index (χ0n) is 15.1. The van der Waals surface area contributed by atoms with Gasteiger partial charge in [0.05, 0.1) is 19.2 Å². The number of hydrogen-bond acceptors (Lipinski definition) is 6. The fourth-order valence-electron chi connectivity index (χ4n) is 2.80. The number of ether oxygens (including phenoxy) is 1. The molecule has 8 heteroatoms. The minimum absolute atomic E-state index is 0.174. The van der Waals surface area contributed by atoms with Gasteiger partial charge in [-0.15, -0.1) is 5.10 Å². The number of nitrogens with zero attached hydrogens (tertiary/aromatic N) is 4. The Kier molecular flexibility index (Phi) is 4.75. The fraction of sp³-hybridized carbons (Fsp3) is 0.333. The Labute approximate surface area is 150 Å². The molecule has 0 unspecified atom stereocenters. The van der Waals surface area contributed by atoms with Crippen LogP contribution in [0, 0.1) is 6.92 Å². The van der Waals surface area contributed by atoms with Crippen molar-refractivity contribution in [1.29, 1.82) is 0 Å². The Bertz CT molecular complexity index is 973. The molecule has 0 aliphatic rings. The Morgan fingerprint density at radius 2 is 2.08 bits per heavy atom. The van der Waals surface area contributed by atoms with Crippen LogP contribution in [-0.2, 0) is 17.8 Å². The van der Waals surface area contributed by atoms with Gasteiger partial charge in [-0.25, -0.2) is 9.48 Å². The standard InChI is InChI=1S/C18H20N4O4/c1-5-22-16-7-6-12(8-15(16)19-20-22)17(23)21(3)10-13-9-14(11(2)26-13)18(24)25-4/h6-9H,5,10H2,1-4H3. The molecule has 0 fully saturated rings. The van der Waals surface area contributed by atoms with Gasteiger partial charge in [-0.3, -0.25) is 4.79 Å². The second kappa shape index (κ2) is 6.99. The van der Waals surface area contributed by atoms with Crippen molar-refractivity contribution in [3.63, 3.8) is 0 Å². The van der Waals surface area contributed by atoms with Gasteiger partial charge in [-0.05, 0) is 38.1 Å². The number of hydrogen-bond donors (Lipinski definition) is 0. The minimum Gasteiger partial charge on any atom is -0.465 e. The maximum absolute atomic E-state index is 12.7. The molecule has 0 bridgehead atoms. The van der Waals surface area contributed by atoms with Crippen molar-refractivity contribution in [2.45, 2.75) is 26.9 Å². The SMILES string of the molecule is CCn1nnc2cc(C(=O)N(C)Cc3cc(C(=O)OC)c(C)o3)ccc21. The lowest BCUT2D eigenvalue weighted by molar-refractivity contribution is 0.0598. The van der Waals surface area contributed by atoms with E-state index < -0.39 is 5.97 Å². The molecule has 0 N–H and O–H groups in total. The van der Waals surface area contributed by atoms with Crippen LogP contribution in [0.1, 0.15) is 39.2 Å². The van der Waals surface area contributed by atoms with Crippen LogP contribution in [0.4, 0.5) is 0 Å². The van der Waals surface area contributed by atoms with E-state index in [0.717, 1.165) is 5.52 Å². The smallest absolute Gasteiger partial charge is 0.341 e. The maximum atomic E-state index is 12.7. The molecule has 136 valence electrons. The van der Waals surface area contributed by atoms with Crippen LogP contribution in [0.25, 0.3) is 11.0 Å². The van der Waals surface area contributed by atoms with Crippen molar-refractivity contribution in [3.05, 3.63) is 46.9 Å². The maximum Gasteiger partial charge on any atom is 0.341 e. The first-order chi connectivity index (χ1) is 12.4. The Hall–Kier alpha value is -3.16. The zero-order chi connectivity index (χ0) is 18.8. The summed E-state index contributed by atoms with van der Waals surface area (Å²) in [4.78, 5) is 25.9. The molecule has 3 rings (SSSR count). The van der Waals surface area contributed by atoms with Gasteiger partial charge in [0.15, 0.2) is 0 Å². The second-order valence-electron chi connectivity index (χ2n) is 5.94. The van der Waals surface area contributed by atoms with Gasteiger partial charge in [0, 0.05) is 19.2 Å². The number of fused-ring (bicyclic) bond motifs is 1. The van der Waals surface area contributed by atoms with Gasteiger partial charge in [0.2, 0.25) is 0 Å². The zero-order valence-corrected chi connectivity index (χ0v) is 15.1. The van der Waals surface area contributed by atoms with Crippen LogP contribution in [0.3, 0.4) is 0 Å². The number of carbonyl (C=O) groups is 2. The van der Waals surface area contributed by atoms with Crippen LogP contribution in [0.15, 0.2) is 28.7 Å². The van der Waals surface area contributed by atoms with Crippen LogP contribution in [0.2, 0.25) is 0 Å². The third-order valence-electron chi connectivity index (χ3n) is 4.17. The number of esters is 1. The predicted octanol–water partition coefficient (Wildman–Crippen LogP) is 2.41. The van der Waals surface area contributed by atoms with Gasteiger partial charge in [-0.2, -0.15) is 0 Å². The van der Waals surface area contributed by atoms with E-state index in [-0.39, 0.29) is 12.5 Å². The van der Waals surface area contributed by atoms with E-state index in [0.29, 0.717) is 34.7 Å². The van der Waals surface area contributed by atoms with E-state index in [1.54, 1.807) is 36.9 Å². The summed E-state index contributed by atoms with van der Waals surface area (Å²) in [6, 6.07) is 6.91. The van der Waals surface area contributed by atoms with Crippen molar-refractivity contribution in [1.82, 2.24) is 19.9 Å². The Morgan fingerprint density at radius 1 is 1.31 bits per heavy atom. The number of amides is 1. The first kappa shape index (κ1) is 17.7. The molecule has 0 saturated heterocycles. The molecule has 1 aromatic carbocycles. The van der Waals surface area contributed by atoms with E-state index in [4.69, 9.17) is 9.15 Å². The summed E-state index contributed by atoms with van der Waals surface area (Å²) in [6.07, 6.45) is 0. The topological polar surface area (TPSA) is 90.5 Å². The lowest BCUT2D eigenvalue weighted by Crippen LogP contribution is -2.26. The first-order valence-electron chi connectivity index (χ1n) is 8.21. The molecule has 0 aliphatic heterocycles. The number of furan rings is 1. The normalized spacial score (nSPS) is 10.9. The van der Waals surface area contributed by atoms with Crippen LogP contribution in [-0.4, -0.2) is 45.9 Å². The molecule has 26 heavy (non-hydrogen) atoms. The van der Waals surface area contributed by atoms with E-state index in [9.17, 15) is 9.59 Å².